The zero-order valence-electron chi connectivity index (χ0n) is 11.4. The molecule has 1 aromatic rings. The van der Waals surface area contributed by atoms with Crippen molar-refractivity contribution >= 4 is 17.8 Å². The molecule has 0 bridgehead atoms. The Bertz CT molecular complexity index is 451. The molecule has 1 aliphatic rings. The van der Waals surface area contributed by atoms with E-state index in [-0.39, 0.29) is 0 Å². The maximum absolute atomic E-state index is 9.88. The third-order valence-corrected chi connectivity index (χ3v) is 4.42. The number of aliphatic hydroxyl groups excluding tert-OH is 4. The molecule has 0 radical (unpaired) electrons. The standard InChI is InChI=1S/C15H20O5S/c16-9-11-12(17)13(18)14(19)15(20-11)21-8-4-7-10-5-2-1-3-6-10/h1-7,11-19H,8-9H2/b7-4+/t11-,12-,13+,14+,15-/m1/s1. The van der Waals surface area contributed by atoms with Gasteiger partial charge in [-0.2, -0.15) is 0 Å². The molecular weight excluding hydrogens is 292 g/mol. The van der Waals surface area contributed by atoms with Crippen molar-refractivity contribution in [3.05, 3.63) is 42.0 Å². The molecule has 0 unspecified atom stereocenters. The summed E-state index contributed by atoms with van der Waals surface area (Å²) in [6, 6.07) is 9.80. The summed E-state index contributed by atoms with van der Waals surface area (Å²) in [6.45, 7) is -0.401. The lowest BCUT2D eigenvalue weighted by Gasteiger charge is -2.39. The van der Waals surface area contributed by atoms with Gasteiger partial charge in [-0.3, -0.25) is 0 Å². The summed E-state index contributed by atoms with van der Waals surface area (Å²) in [4.78, 5) is 0. The Labute approximate surface area is 127 Å². The molecule has 5 atom stereocenters. The van der Waals surface area contributed by atoms with Crippen LogP contribution in [-0.2, 0) is 4.74 Å². The number of rotatable bonds is 5. The molecule has 6 heteroatoms. The van der Waals surface area contributed by atoms with E-state index in [2.05, 4.69) is 0 Å². The Morgan fingerprint density at radius 2 is 1.76 bits per heavy atom. The Morgan fingerprint density at radius 1 is 1.05 bits per heavy atom. The van der Waals surface area contributed by atoms with E-state index in [1.54, 1.807) is 0 Å². The maximum atomic E-state index is 9.88. The number of hydrogen-bond acceptors (Lipinski definition) is 6. The van der Waals surface area contributed by atoms with Gasteiger partial charge in [0.15, 0.2) is 0 Å². The molecule has 0 saturated carbocycles. The summed E-state index contributed by atoms with van der Waals surface area (Å²) in [5.74, 6) is 0.581. The van der Waals surface area contributed by atoms with Gasteiger partial charge in [-0.25, -0.2) is 0 Å². The van der Waals surface area contributed by atoms with Crippen LogP contribution in [0.25, 0.3) is 6.08 Å². The average Bonchev–Trinajstić information content (AvgIpc) is 2.52. The molecule has 1 fully saturated rings. The molecule has 0 amide bonds. The number of ether oxygens (including phenoxy) is 1. The lowest BCUT2D eigenvalue weighted by Crippen LogP contribution is -2.57. The summed E-state index contributed by atoms with van der Waals surface area (Å²) in [6.07, 6.45) is -0.761. The van der Waals surface area contributed by atoms with Crippen LogP contribution in [-0.4, -0.2) is 62.6 Å². The van der Waals surface area contributed by atoms with Crippen LogP contribution in [0.2, 0.25) is 0 Å². The van der Waals surface area contributed by atoms with Gasteiger partial charge in [0.1, 0.15) is 29.9 Å². The van der Waals surface area contributed by atoms with Crippen LogP contribution in [0.15, 0.2) is 36.4 Å². The second kappa shape index (κ2) is 7.93. The molecule has 21 heavy (non-hydrogen) atoms. The van der Waals surface area contributed by atoms with E-state index in [9.17, 15) is 15.3 Å². The zero-order valence-corrected chi connectivity index (χ0v) is 12.3. The van der Waals surface area contributed by atoms with Crippen LogP contribution < -0.4 is 0 Å². The molecule has 1 aromatic carbocycles. The van der Waals surface area contributed by atoms with Crippen LogP contribution in [0.1, 0.15) is 5.56 Å². The second-order valence-electron chi connectivity index (χ2n) is 4.84. The first-order chi connectivity index (χ1) is 10.1. The fourth-order valence-electron chi connectivity index (χ4n) is 2.10. The molecule has 5 nitrogen and oxygen atoms in total. The Kier molecular flexibility index (Phi) is 6.22. The summed E-state index contributed by atoms with van der Waals surface area (Å²) in [7, 11) is 0. The van der Waals surface area contributed by atoms with Crippen molar-refractivity contribution < 1.29 is 25.2 Å². The van der Waals surface area contributed by atoms with Gasteiger partial charge >= 0.3 is 0 Å². The lowest BCUT2D eigenvalue weighted by molar-refractivity contribution is -0.205. The van der Waals surface area contributed by atoms with Crippen LogP contribution in [0.4, 0.5) is 0 Å². The van der Waals surface area contributed by atoms with E-state index in [1.807, 2.05) is 42.5 Å². The van der Waals surface area contributed by atoms with Crippen molar-refractivity contribution in [2.75, 3.05) is 12.4 Å². The number of benzene rings is 1. The van der Waals surface area contributed by atoms with Gasteiger partial charge in [-0.15, -0.1) is 11.8 Å². The number of aliphatic hydroxyl groups is 4. The summed E-state index contributed by atoms with van der Waals surface area (Å²) >= 11 is 1.31. The smallest absolute Gasteiger partial charge is 0.132 e. The van der Waals surface area contributed by atoms with Gasteiger partial charge in [-0.05, 0) is 5.56 Å². The summed E-state index contributed by atoms with van der Waals surface area (Å²) in [5, 5.41) is 38.3. The van der Waals surface area contributed by atoms with E-state index < -0.39 is 36.5 Å². The lowest BCUT2D eigenvalue weighted by atomic mass is 10.0. The molecule has 0 spiro atoms. The monoisotopic (exact) mass is 312 g/mol. The summed E-state index contributed by atoms with van der Waals surface area (Å²) in [5.41, 5.74) is 0.396. The van der Waals surface area contributed by atoms with Crippen molar-refractivity contribution in [3.8, 4) is 0 Å². The average molecular weight is 312 g/mol. The van der Waals surface area contributed by atoms with Gasteiger partial charge < -0.3 is 25.2 Å². The third-order valence-electron chi connectivity index (χ3n) is 3.32. The largest absolute Gasteiger partial charge is 0.394 e. The normalized spacial score (nSPS) is 33.4. The first-order valence-electron chi connectivity index (χ1n) is 6.77. The van der Waals surface area contributed by atoms with E-state index in [4.69, 9.17) is 9.84 Å². The Balaban J connectivity index is 1.86. The van der Waals surface area contributed by atoms with Crippen molar-refractivity contribution in [1.29, 1.82) is 0 Å². The highest BCUT2D eigenvalue weighted by molar-refractivity contribution is 7.99. The topological polar surface area (TPSA) is 90.2 Å². The van der Waals surface area contributed by atoms with E-state index in [0.717, 1.165) is 5.56 Å². The second-order valence-corrected chi connectivity index (χ2v) is 5.97. The van der Waals surface area contributed by atoms with Crippen molar-refractivity contribution in [3.63, 3.8) is 0 Å². The highest BCUT2D eigenvalue weighted by atomic mass is 32.2. The molecule has 0 aromatic heterocycles. The minimum Gasteiger partial charge on any atom is -0.394 e. The molecule has 1 heterocycles. The van der Waals surface area contributed by atoms with Gasteiger partial charge in [0.2, 0.25) is 0 Å². The molecule has 116 valence electrons. The minimum absolute atomic E-state index is 0.401. The Morgan fingerprint density at radius 3 is 2.43 bits per heavy atom. The highest BCUT2D eigenvalue weighted by Crippen LogP contribution is 2.28. The Hall–Kier alpha value is -0.890. The van der Waals surface area contributed by atoms with Crippen LogP contribution in [0.5, 0.6) is 0 Å². The fourth-order valence-corrected chi connectivity index (χ4v) is 3.08. The maximum Gasteiger partial charge on any atom is 0.132 e. The molecular formula is C15H20O5S. The van der Waals surface area contributed by atoms with Crippen LogP contribution in [0, 0.1) is 0 Å². The van der Waals surface area contributed by atoms with Crippen LogP contribution >= 0.6 is 11.8 Å². The quantitative estimate of drug-likeness (QED) is 0.622. The predicted molar refractivity (Wildman–Crippen MR) is 81.7 cm³/mol. The van der Waals surface area contributed by atoms with E-state index in [0.29, 0.717) is 5.75 Å². The molecule has 0 aliphatic carbocycles. The van der Waals surface area contributed by atoms with Gasteiger partial charge in [-0.1, -0.05) is 42.5 Å². The molecule has 1 aliphatic heterocycles. The van der Waals surface area contributed by atoms with Crippen molar-refractivity contribution in [2.24, 2.45) is 0 Å². The van der Waals surface area contributed by atoms with Gasteiger partial charge in [0, 0.05) is 5.75 Å². The highest BCUT2D eigenvalue weighted by Gasteiger charge is 2.43. The molecule has 1 saturated heterocycles. The third kappa shape index (κ3) is 4.29. The van der Waals surface area contributed by atoms with Crippen molar-refractivity contribution in [2.45, 2.75) is 29.9 Å². The van der Waals surface area contributed by atoms with Gasteiger partial charge in [0.25, 0.3) is 0 Å². The number of thioether (sulfide) groups is 1. The van der Waals surface area contributed by atoms with Crippen LogP contribution in [0.3, 0.4) is 0 Å². The van der Waals surface area contributed by atoms with E-state index >= 15 is 0 Å². The summed E-state index contributed by atoms with van der Waals surface area (Å²) < 4.78 is 5.40. The van der Waals surface area contributed by atoms with E-state index in [1.165, 1.54) is 11.8 Å². The predicted octanol–water partition coefficient (Wildman–Crippen LogP) is 0.233. The zero-order chi connectivity index (χ0) is 15.2. The molecule has 4 N–H and O–H groups in total. The minimum atomic E-state index is -1.31. The fraction of sp³-hybridized carbons (Fsp3) is 0.467. The molecule has 2 rings (SSSR count). The first kappa shape index (κ1) is 16.5. The first-order valence-corrected chi connectivity index (χ1v) is 7.82. The van der Waals surface area contributed by atoms with Gasteiger partial charge in [0.05, 0.1) is 6.61 Å². The van der Waals surface area contributed by atoms with Crippen molar-refractivity contribution in [1.82, 2.24) is 0 Å². The SMILES string of the molecule is OC[C@H]1O[C@H](SC/C=C/c2ccccc2)[C@@H](O)[C@@H](O)[C@@H]1O. The number of hydrogen-bond donors (Lipinski definition) is 4.